The van der Waals surface area contributed by atoms with Crippen molar-refractivity contribution in [3.05, 3.63) is 35.4 Å². The third-order valence-electron chi connectivity index (χ3n) is 3.08. The highest BCUT2D eigenvalue weighted by Crippen LogP contribution is 2.16. The van der Waals surface area contributed by atoms with Gasteiger partial charge in [0.15, 0.2) is 0 Å². The molecule has 0 saturated carbocycles. The number of nitriles is 1. The van der Waals surface area contributed by atoms with Crippen LogP contribution in [0, 0.1) is 11.3 Å². The SMILES string of the molecule is COc1ccc(/C=C(/C#N)C(=S)N2CCOCC2)cc1. The van der Waals surface area contributed by atoms with Crippen molar-refractivity contribution >= 4 is 23.3 Å². The topological polar surface area (TPSA) is 45.5 Å². The lowest BCUT2D eigenvalue weighted by Gasteiger charge is -2.28. The first kappa shape index (κ1) is 14.5. The normalized spacial score (nSPS) is 15.6. The number of nitrogens with zero attached hydrogens (tertiary/aromatic N) is 2. The zero-order valence-corrected chi connectivity index (χ0v) is 12.2. The molecule has 1 fully saturated rings. The highest BCUT2D eigenvalue weighted by molar-refractivity contribution is 7.80. The van der Waals surface area contributed by atoms with E-state index in [4.69, 9.17) is 21.7 Å². The lowest BCUT2D eigenvalue weighted by molar-refractivity contribution is 0.0693. The molecule has 1 heterocycles. The van der Waals surface area contributed by atoms with Crippen molar-refractivity contribution in [3.8, 4) is 11.8 Å². The Bertz CT molecular complexity index is 540. The van der Waals surface area contributed by atoms with Crippen LogP contribution in [0.1, 0.15) is 5.56 Å². The summed E-state index contributed by atoms with van der Waals surface area (Å²) in [5, 5.41) is 9.30. The van der Waals surface area contributed by atoms with E-state index in [1.165, 1.54) is 0 Å². The average Bonchev–Trinajstić information content (AvgIpc) is 2.53. The van der Waals surface area contributed by atoms with E-state index < -0.39 is 0 Å². The van der Waals surface area contributed by atoms with Crippen molar-refractivity contribution < 1.29 is 9.47 Å². The van der Waals surface area contributed by atoms with Crippen molar-refractivity contribution in [2.45, 2.75) is 0 Å². The van der Waals surface area contributed by atoms with Crippen molar-refractivity contribution in [2.24, 2.45) is 0 Å². The molecule has 1 aliphatic heterocycles. The molecule has 0 unspecified atom stereocenters. The molecule has 0 aliphatic carbocycles. The van der Waals surface area contributed by atoms with E-state index in [0.717, 1.165) is 24.4 Å². The summed E-state index contributed by atoms with van der Waals surface area (Å²) in [7, 11) is 1.62. The first-order chi connectivity index (χ1) is 9.74. The van der Waals surface area contributed by atoms with Gasteiger partial charge in [0.1, 0.15) is 16.8 Å². The van der Waals surface area contributed by atoms with E-state index in [9.17, 15) is 5.26 Å². The summed E-state index contributed by atoms with van der Waals surface area (Å²) in [6, 6.07) is 9.70. The molecule has 1 saturated heterocycles. The van der Waals surface area contributed by atoms with Crippen LogP contribution in [0.3, 0.4) is 0 Å². The number of morpholine rings is 1. The van der Waals surface area contributed by atoms with Crippen molar-refractivity contribution in [2.75, 3.05) is 33.4 Å². The summed E-state index contributed by atoms with van der Waals surface area (Å²) in [4.78, 5) is 2.60. The number of thiocarbonyl (C=S) groups is 1. The molecule has 1 aromatic carbocycles. The molecular formula is C15H16N2O2S. The molecule has 5 heteroatoms. The second kappa shape index (κ2) is 7.04. The van der Waals surface area contributed by atoms with Crippen LogP contribution in [0.5, 0.6) is 5.75 Å². The number of hydrogen-bond donors (Lipinski definition) is 0. The molecule has 20 heavy (non-hydrogen) atoms. The van der Waals surface area contributed by atoms with Gasteiger partial charge < -0.3 is 14.4 Å². The number of ether oxygens (including phenoxy) is 2. The van der Waals surface area contributed by atoms with E-state index in [1.54, 1.807) is 13.2 Å². The minimum absolute atomic E-state index is 0.507. The Hall–Kier alpha value is -1.90. The van der Waals surface area contributed by atoms with E-state index >= 15 is 0 Å². The van der Waals surface area contributed by atoms with Gasteiger partial charge >= 0.3 is 0 Å². The molecule has 0 amide bonds. The van der Waals surface area contributed by atoms with Gasteiger partial charge in [-0.15, -0.1) is 0 Å². The second-order valence-electron chi connectivity index (χ2n) is 4.35. The summed E-state index contributed by atoms with van der Waals surface area (Å²) in [6.07, 6.45) is 1.80. The zero-order valence-electron chi connectivity index (χ0n) is 11.3. The van der Waals surface area contributed by atoms with Gasteiger partial charge in [0.2, 0.25) is 0 Å². The predicted molar refractivity (Wildman–Crippen MR) is 81.6 cm³/mol. The first-order valence-electron chi connectivity index (χ1n) is 6.37. The quantitative estimate of drug-likeness (QED) is 0.485. The molecule has 0 spiro atoms. The summed E-state index contributed by atoms with van der Waals surface area (Å²) < 4.78 is 10.4. The molecule has 0 bridgehead atoms. The van der Waals surface area contributed by atoms with E-state index in [0.29, 0.717) is 23.8 Å². The summed E-state index contributed by atoms with van der Waals surface area (Å²) >= 11 is 5.40. The maximum atomic E-state index is 9.30. The van der Waals surface area contributed by atoms with Crippen LogP contribution in [0.2, 0.25) is 0 Å². The van der Waals surface area contributed by atoms with Crippen LogP contribution >= 0.6 is 12.2 Å². The first-order valence-corrected chi connectivity index (χ1v) is 6.78. The summed E-state index contributed by atoms with van der Waals surface area (Å²) in [6.45, 7) is 2.78. The Labute approximate surface area is 124 Å². The minimum atomic E-state index is 0.507. The van der Waals surface area contributed by atoms with Gasteiger partial charge in [-0.2, -0.15) is 5.26 Å². The van der Waals surface area contributed by atoms with Gasteiger partial charge in [0, 0.05) is 13.1 Å². The highest BCUT2D eigenvalue weighted by Gasteiger charge is 2.16. The van der Waals surface area contributed by atoms with Crippen LogP contribution in [-0.2, 0) is 4.74 Å². The molecule has 1 aliphatic rings. The van der Waals surface area contributed by atoms with Gasteiger partial charge in [-0.25, -0.2) is 0 Å². The fourth-order valence-electron chi connectivity index (χ4n) is 1.95. The Balaban J connectivity index is 2.15. The predicted octanol–water partition coefficient (Wildman–Crippen LogP) is 2.26. The van der Waals surface area contributed by atoms with Crippen LogP contribution in [0.25, 0.3) is 6.08 Å². The van der Waals surface area contributed by atoms with Crippen LogP contribution in [-0.4, -0.2) is 43.3 Å². The number of hydrogen-bond acceptors (Lipinski definition) is 4. The molecule has 0 N–H and O–H groups in total. The molecule has 0 aromatic heterocycles. The van der Waals surface area contributed by atoms with Gasteiger partial charge in [0.05, 0.1) is 25.9 Å². The monoisotopic (exact) mass is 288 g/mol. The lowest BCUT2D eigenvalue weighted by Crippen LogP contribution is -2.40. The van der Waals surface area contributed by atoms with E-state index in [1.807, 2.05) is 29.2 Å². The maximum Gasteiger partial charge on any atom is 0.120 e. The molecular weight excluding hydrogens is 272 g/mol. The van der Waals surface area contributed by atoms with Gasteiger partial charge in [-0.05, 0) is 23.8 Å². The lowest BCUT2D eigenvalue weighted by atomic mass is 10.1. The number of benzene rings is 1. The average molecular weight is 288 g/mol. The Morgan fingerprint density at radius 3 is 2.55 bits per heavy atom. The van der Waals surface area contributed by atoms with Crippen molar-refractivity contribution in [1.29, 1.82) is 5.26 Å². The van der Waals surface area contributed by atoms with Crippen molar-refractivity contribution in [1.82, 2.24) is 4.90 Å². The molecule has 0 radical (unpaired) electrons. The Kier molecular flexibility index (Phi) is 5.10. The number of methoxy groups -OCH3 is 1. The third-order valence-corrected chi connectivity index (χ3v) is 3.55. The standard InChI is InChI=1S/C15H16N2O2S/c1-18-14-4-2-12(3-5-14)10-13(11-16)15(20)17-6-8-19-9-7-17/h2-5,10H,6-9H2,1H3/b13-10-. The fraction of sp³-hybridized carbons (Fsp3) is 0.333. The van der Waals surface area contributed by atoms with E-state index in [2.05, 4.69) is 6.07 Å². The second-order valence-corrected chi connectivity index (χ2v) is 4.73. The third kappa shape index (κ3) is 3.56. The van der Waals surface area contributed by atoms with Crippen LogP contribution in [0.15, 0.2) is 29.8 Å². The highest BCUT2D eigenvalue weighted by atomic mass is 32.1. The smallest absolute Gasteiger partial charge is 0.120 e. The van der Waals surface area contributed by atoms with Gasteiger partial charge in [0.25, 0.3) is 0 Å². The molecule has 4 nitrogen and oxygen atoms in total. The molecule has 1 aromatic rings. The Morgan fingerprint density at radius 2 is 2.00 bits per heavy atom. The summed E-state index contributed by atoms with van der Waals surface area (Å²) in [5.41, 5.74) is 1.44. The minimum Gasteiger partial charge on any atom is -0.497 e. The van der Waals surface area contributed by atoms with Crippen LogP contribution < -0.4 is 4.74 Å². The number of rotatable bonds is 3. The van der Waals surface area contributed by atoms with Crippen LogP contribution in [0.4, 0.5) is 0 Å². The fourth-order valence-corrected chi connectivity index (χ4v) is 2.23. The van der Waals surface area contributed by atoms with Crippen molar-refractivity contribution in [3.63, 3.8) is 0 Å². The zero-order chi connectivity index (χ0) is 14.4. The summed E-state index contributed by atoms with van der Waals surface area (Å²) in [5.74, 6) is 0.788. The maximum absolute atomic E-state index is 9.30. The Morgan fingerprint density at radius 1 is 1.35 bits per heavy atom. The van der Waals surface area contributed by atoms with Gasteiger partial charge in [-0.1, -0.05) is 24.4 Å². The molecule has 2 rings (SSSR count). The molecule has 104 valence electrons. The molecule has 0 atom stereocenters. The van der Waals surface area contributed by atoms with Gasteiger partial charge in [-0.3, -0.25) is 0 Å². The van der Waals surface area contributed by atoms with E-state index in [-0.39, 0.29) is 0 Å². The largest absolute Gasteiger partial charge is 0.497 e.